The lowest BCUT2D eigenvalue weighted by molar-refractivity contribution is 0.857. The Morgan fingerprint density at radius 1 is 1.19 bits per heavy atom. The van der Waals surface area contributed by atoms with E-state index in [0.717, 1.165) is 11.3 Å². The molecule has 0 aliphatic rings. The van der Waals surface area contributed by atoms with E-state index < -0.39 is 0 Å². The van der Waals surface area contributed by atoms with E-state index in [4.69, 9.17) is 0 Å². The molecule has 0 aromatic carbocycles. The first-order valence-corrected chi connectivity index (χ1v) is 5.22. The molecule has 0 aliphatic heterocycles. The van der Waals surface area contributed by atoms with Crippen molar-refractivity contribution in [2.75, 3.05) is 0 Å². The number of aromatic nitrogens is 3. The van der Waals surface area contributed by atoms with Crippen LogP contribution >= 0.6 is 0 Å². The van der Waals surface area contributed by atoms with Crippen LogP contribution in [0.15, 0.2) is 30.7 Å². The molecule has 0 saturated carbocycles. The summed E-state index contributed by atoms with van der Waals surface area (Å²) in [6.45, 7) is 4.29. The summed E-state index contributed by atoms with van der Waals surface area (Å²) < 4.78 is 0. The number of nitrogens with zero attached hydrogens (tertiary/aromatic N) is 2. The van der Waals surface area contributed by atoms with Gasteiger partial charge in [0, 0.05) is 12.4 Å². The molecule has 2 rings (SSSR count). The minimum absolute atomic E-state index is 0.503. The van der Waals surface area contributed by atoms with Crippen molar-refractivity contribution in [1.29, 1.82) is 0 Å². The molecule has 2 aromatic rings. The number of aromatic amines is 1. The summed E-state index contributed by atoms with van der Waals surface area (Å²) in [4.78, 5) is 4.30. The van der Waals surface area contributed by atoms with Crippen molar-refractivity contribution in [3.63, 3.8) is 0 Å². The van der Waals surface area contributed by atoms with Crippen LogP contribution in [0.4, 0.5) is 0 Å². The van der Waals surface area contributed by atoms with E-state index in [0.29, 0.717) is 5.92 Å². The molecule has 16 heavy (non-hydrogen) atoms. The van der Waals surface area contributed by atoms with E-state index in [9.17, 15) is 0 Å². The summed E-state index contributed by atoms with van der Waals surface area (Å²) in [6.07, 6.45) is 5.33. The molecule has 3 heteroatoms. The highest BCUT2D eigenvalue weighted by Crippen LogP contribution is 2.12. The highest BCUT2D eigenvalue weighted by molar-refractivity contribution is 5.38. The van der Waals surface area contributed by atoms with Crippen molar-refractivity contribution < 1.29 is 0 Å². The van der Waals surface area contributed by atoms with Crippen molar-refractivity contribution in [1.82, 2.24) is 15.2 Å². The fraction of sp³-hybridized carbons (Fsp3) is 0.231. The smallest absolute Gasteiger partial charge is 0.113 e. The first-order valence-electron chi connectivity index (χ1n) is 5.22. The van der Waals surface area contributed by atoms with Gasteiger partial charge < -0.3 is 0 Å². The predicted molar refractivity (Wildman–Crippen MR) is 62.9 cm³/mol. The molecular formula is C13H13N3. The van der Waals surface area contributed by atoms with Crippen LogP contribution in [0.1, 0.15) is 36.6 Å². The van der Waals surface area contributed by atoms with Gasteiger partial charge in [-0.25, -0.2) is 4.98 Å². The molecule has 2 aromatic heterocycles. The van der Waals surface area contributed by atoms with Crippen LogP contribution in [-0.2, 0) is 0 Å². The second-order valence-corrected chi connectivity index (χ2v) is 3.87. The van der Waals surface area contributed by atoms with Crippen molar-refractivity contribution >= 4 is 0 Å². The number of rotatable bonds is 1. The molecular weight excluding hydrogens is 198 g/mol. The maximum Gasteiger partial charge on any atom is 0.113 e. The SMILES string of the molecule is CC(C)c1ccc(C#Cc2cn[nH]c2)nc1. The quantitative estimate of drug-likeness (QED) is 0.735. The van der Waals surface area contributed by atoms with Crippen LogP contribution in [0.3, 0.4) is 0 Å². The Labute approximate surface area is 94.9 Å². The van der Waals surface area contributed by atoms with Gasteiger partial charge in [0.05, 0.1) is 11.8 Å². The molecule has 0 spiro atoms. The highest BCUT2D eigenvalue weighted by Gasteiger charge is 1.98. The third-order valence-corrected chi connectivity index (χ3v) is 2.29. The minimum Gasteiger partial charge on any atom is -0.284 e. The normalized spacial score (nSPS) is 9.94. The standard InChI is InChI=1S/C13H13N3/c1-10(2)12-4-6-13(14-9-12)5-3-11-7-15-16-8-11/h4,6-10H,1-2H3,(H,15,16). The van der Waals surface area contributed by atoms with Crippen molar-refractivity contribution in [2.45, 2.75) is 19.8 Å². The van der Waals surface area contributed by atoms with Crippen LogP contribution in [0.5, 0.6) is 0 Å². The molecule has 1 N–H and O–H groups in total. The zero-order chi connectivity index (χ0) is 11.4. The van der Waals surface area contributed by atoms with E-state index in [1.807, 2.05) is 12.3 Å². The molecule has 0 radical (unpaired) electrons. The molecule has 0 amide bonds. The molecule has 0 saturated heterocycles. The maximum atomic E-state index is 4.30. The van der Waals surface area contributed by atoms with Gasteiger partial charge in [-0.3, -0.25) is 5.10 Å². The Morgan fingerprint density at radius 3 is 2.62 bits per heavy atom. The van der Waals surface area contributed by atoms with E-state index in [2.05, 4.69) is 46.9 Å². The summed E-state index contributed by atoms with van der Waals surface area (Å²) in [5, 5.41) is 6.54. The molecule has 0 atom stereocenters. The predicted octanol–water partition coefficient (Wildman–Crippen LogP) is 2.33. The molecule has 80 valence electrons. The molecule has 0 aliphatic carbocycles. The summed E-state index contributed by atoms with van der Waals surface area (Å²) in [6, 6.07) is 4.01. The lowest BCUT2D eigenvalue weighted by Gasteiger charge is -2.02. The van der Waals surface area contributed by atoms with Gasteiger partial charge in [0.2, 0.25) is 0 Å². The number of hydrogen-bond donors (Lipinski definition) is 1. The second kappa shape index (κ2) is 4.63. The third-order valence-electron chi connectivity index (χ3n) is 2.29. The average molecular weight is 211 g/mol. The number of pyridine rings is 1. The molecule has 0 unspecified atom stereocenters. The first kappa shape index (κ1) is 10.4. The van der Waals surface area contributed by atoms with Crippen LogP contribution in [0, 0.1) is 11.8 Å². The Balaban J connectivity index is 2.17. The van der Waals surface area contributed by atoms with Crippen molar-refractivity contribution in [3.8, 4) is 11.8 Å². The van der Waals surface area contributed by atoms with Crippen LogP contribution in [0.25, 0.3) is 0 Å². The van der Waals surface area contributed by atoms with Crippen LogP contribution in [0.2, 0.25) is 0 Å². The van der Waals surface area contributed by atoms with Gasteiger partial charge in [-0.15, -0.1) is 0 Å². The molecule has 3 nitrogen and oxygen atoms in total. The van der Waals surface area contributed by atoms with Gasteiger partial charge in [-0.05, 0) is 23.5 Å². The fourth-order valence-electron chi connectivity index (χ4n) is 1.28. The number of nitrogens with one attached hydrogen (secondary N) is 1. The first-order chi connectivity index (χ1) is 7.75. The fourth-order valence-corrected chi connectivity index (χ4v) is 1.28. The Morgan fingerprint density at radius 2 is 2.06 bits per heavy atom. The summed E-state index contributed by atoms with van der Waals surface area (Å²) in [5.74, 6) is 6.48. The molecule has 0 bridgehead atoms. The summed E-state index contributed by atoms with van der Waals surface area (Å²) >= 11 is 0. The van der Waals surface area contributed by atoms with Gasteiger partial charge in [0.25, 0.3) is 0 Å². The molecule has 0 fully saturated rings. The monoisotopic (exact) mass is 211 g/mol. The lowest BCUT2D eigenvalue weighted by Crippen LogP contribution is -1.90. The van der Waals surface area contributed by atoms with Gasteiger partial charge in [0.1, 0.15) is 5.69 Å². The Hall–Kier alpha value is -2.08. The Bertz CT molecular complexity index is 498. The van der Waals surface area contributed by atoms with E-state index in [1.54, 1.807) is 12.4 Å². The van der Waals surface area contributed by atoms with Gasteiger partial charge in [-0.1, -0.05) is 25.8 Å². The van der Waals surface area contributed by atoms with Gasteiger partial charge >= 0.3 is 0 Å². The van der Waals surface area contributed by atoms with Crippen LogP contribution < -0.4 is 0 Å². The largest absolute Gasteiger partial charge is 0.284 e. The Kier molecular flexibility index (Phi) is 3.02. The average Bonchev–Trinajstić information content (AvgIpc) is 2.80. The van der Waals surface area contributed by atoms with Crippen molar-refractivity contribution in [2.24, 2.45) is 0 Å². The van der Waals surface area contributed by atoms with Crippen molar-refractivity contribution in [3.05, 3.63) is 47.5 Å². The minimum atomic E-state index is 0.503. The highest BCUT2D eigenvalue weighted by atomic mass is 15.1. The van der Waals surface area contributed by atoms with E-state index >= 15 is 0 Å². The number of H-pyrrole nitrogens is 1. The lowest BCUT2D eigenvalue weighted by atomic mass is 10.1. The van der Waals surface area contributed by atoms with E-state index in [1.165, 1.54) is 5.56 Å². The zero-order valence-electron chi connectivity index (χ0n) is 9.36. The number of hydrogen-bond acceptors (Lipinski definition) is 2. The van der Waals surface area contributed by atoms with Crippen LogP contribution in [-0.4, -0.2) is 15.2 Å². The maximum absolute atomic E-state index is 4.30. The summed E-state index contributed by atoms with van der Waals surface area (Å²) in [5.41, 5.74) is 2.88. The molecule has 2 heterocycles. The topological polar surface area (TPSA) is 41.6 Å². The van der Waals surface area contributed by atoms with Gasteiger partial charge in [0.15, 0.2) is 0 Å². The zero-order valence-corrected chi connectivity index (χ0v) is 9.36. The van der Waals surface area contributed by atoms with Gasteiger partial charge in [-0.2, -0.15) is 5.10 Å². The van der Waals surface area contributed by atoms with E-state index in [-0.39, 0.29) is 0 Å². The third kappa shape index (κ3) is 2.48. The second-order valence-electron chi connectivity index (χ2n) is 3.87. The summed E-state index contributed by atoms with van der Waals surface area (Å²) in [7, 11) is 0.